The van der Waals surface area contributed by atoms with Gasteiger partial charge in [-0.25, -0.2) is 0 Å². The molecule has 1 radical (unpaired) electrons. The summed E-state index contributed by atoms with van der Waals surface area (Å²) < 4.78 is 0. The van der Waals surface area contributed by atoms with Gasteiger partial charge >= 0.3 is 0 Å². The molecule has 0 saturated heterocycles. The van der Waals surface area contributed by atoms with Crippen molar-refractivity contribution in [3.63, 3.8) is 0 Å². The fraction of sp³-hybridized carbons (Fsp3) is 0.857. The van der Waals surface area contributed by atoms with Gasteiger partial charge in [0, 0.05) is 12.3 Å². The topological polar surface area (TPSA) is 101 Å². The number of aliphatic hydroxyl groups is 5. The summed E-state index contributed by atoms with van der Waals surface area (Å²) in [5.74, 6) is -0.816. The third kappa shape index (κ3) is 1.60. The minimum Gasteiger partial charge on any atom is -0.396 e. The molecule has 0 bridgehead atoms. The molecule has 5 heteroatoms. The summed E-state index contributed by atoms with van der Waals surface area (Å²) in [6.45, 7) is -0.428. The van der Waals surface area contributed by atoms with Gasteiger partial charge in [0.1, 0.15) is 6.10 Å². The van der Waals surface area contributed by atoms with Crippen molar-refractivity contribution in [3.8, 4) is 0 Å². The van der Waals surface area contributed by atoms with E-state index in [0.29, 0.717) is 0 Å². The molecule has 1 fully saturated rings. The highest BCUT2D eigenvalue weighted by Gasteiger charge is 2.41. The summed E-state index contributed by atoms with van der Waals surface area (Å²) in [7, 11) is 0. The van der Waals surface area contributed by atoms with E-state index >= 15 is 0 Å². The van der Waals surface area contributed by atoms with Crippen molar-refractivity contribution in [1.29, 1.82) is 0 Å². The summed E-state index contributed by atoms with van der Waals surface area (Å²) in [5.41, 5.74) is 0. The first-order valence-corrected chi connectivity index (χ1v) is 3.76. The maximum Gasteiger partial charge on any atom is 0.107 e. The third-order valence-electron chi connectivity index (χ3n) is 2.18. The zero-order valence-electron chi connectivity index (χ0n) is 6.41. The van der Waals surface area contributed by atoms with Gasteiger partial charge in [0.15, 0.2) is 0 Å². The first-order chi connectivity index (χ1) is 5.57. The molecule has 71 valence electrons. The number of rotatable bonds is 1. The van der Waals surface area contributed by atoms with Crippen LogP contribution >= 0.6 is 0 Å². The lowest BCUT2D eigenvalue weighted by Gasteiger charge is -2.37. The lowest BCUT2D eigenvalue weighted by atomic mass is 9.81. The highest BCUT2D eigenvalue weighted by molar-refractivity contribution is 5.02. The van der Waals surface area contributed by atoms with Crippen LogP contribution in [0.4, 0.5) is 0 Å². The largest absolute Gasteiger partial charge is 0.396 e. The zero-order chi connectivity index (χ0) is 9.30. The molecule has 12 heavy (non-hydrogen) atoms. The maximum atomic E-state index is 9.23. The van der Waals surface area contributed by atoms with E-state index in [4.69, 9.17) is 15.3 Å². The Morgan fingerprint density at radius 1 is 0.917 bits per heavy atom. The van der Waals surface area contributed by atoms with Gasteiger partial charge in [0.25, 0.3) is 0 Å². The first kappa shape index (κ1) is 9.88. The van der Waals surface area contributed by atoms with Crippen LogP contribution in [-0.4, -0.2) is 56.6 Å². The average molecular weight is 177 g/mol. The molecule has 5 N–H and O–H groups in total. The number of hydrogen-bond donors (Lipinski definition) is 5. The Kier molecular flexibility index (Phi) is 3.03. The Morgan fingerprint density at radius 3 is 2.00 bits per heavy atom. The molecule has 5 nitrogen and oxygen atoms in total. The molecule has 0 spiro atoms. The van der Waals surface area contributed by atoms with Crippen LogP contribution in [0, 0.1) is 12.3 Å². The normalized spacial score (nSPS) is 49.2. The molecule has 0 aromatic carbocycles. The molecule has 0 amide bonds. The molecule has 1 rings (SSSR count). The van der Waals surface area contributed by atoms with Crippen LogP contribution in [0.15, 0.2) is 0 Å². The fourth-order valence-electron chi connectivity index (χ4n) is 1.33. The van der Waals surface area contributed by atoms with E-state index in [2.05, 4.69) is 0 Å². The summed E-state index contributed by atoms with van der Waals surface area (Å²) in [6, 6.07) is 0. The van der Waals surface area contributed by atoms with E-state index in [0.717, 1.165) is 6.42 Å². The molecule has 5 atom stereocenters. The van der Waals surface area contributed by atoms with E-state index in [9.17, 15) is 10.2 Å². The Labute approximate surface area is 69.9 Å². The molecule has 1 saturated carbocycles. The van der Waals surface area contributed by atoms with Crippen LogP contribution in [0.5, 0.6) is 0 Å². The van der Waals surface area contributed by atoms with Crippen LogP contribution in [0.25, 0.3) is 0 Å². The van der Waals surface area contributed by atoms with Gasteiger partial charge in [0.05, 0.1) is 24.9 Å². The maximum absolute atomic E-state index is 9.23. The summed E-state index contributed by atoms with van der Waals surface area (Å²) in [6.07, 6.45) is -3.84. The van der Waals surface area contributed by atoms with E-state index in [-0.39, 0.29) is 0 Å². The van der Waals surface area contributed by atoms with E-state index in [1.807, 2.05) is 0 Å². The standard InChI is InChI=1S/C7H13O5/c8-2-3-4(9)1-5(10)7(12)6(3)11/h1,3-12H,2H2. The van der Waals surface area contributed by atoms with E-state index in [1.54, 1.807) is 0 Å². The van der Waals surface area contributed by atoms with Gasteiger partial charge in [0.2, 0.25) is 0 Å². The predicted octanol–water partition coefficient (Wildman–Crippen LogP) is -2.74. The predicted molar refractivity (Wildman–Crippen MR) is 38.9 cm³/mol. The SMILES string of the molecule is OCC1C(O)[CH]C(O)C(O)C1O. The van der Waals surface area contributed by atoms with Gasteiger partial charge in [-0.05, 0) is 0 Å². The smallest absolute Gasteiger partial charge is 0.107 e. The fourth-order valence-corrected chi connectivity index (χ4v) is 1.33. The van der Waals surface area contributed by atoms with Gasteiger partial charge < -0.3 is 25.5 Å². The number of aliphatic hydroxyl groups excluding tert-OH is 5. The Hall–Kier alpha value is -0.200. The molecule has 5 unspecified atom stereocenters. The van der Waals surface area contributed by atoms with Crippen LogP contribution in [0.3, 0.4) is 0 Å². The minimum absolute atomic E-state index is 0.428. The van der Waals surface area contributed by atoms with Gasteiger partial charge in [-0.1, -0.05) is 0 Å². The Bertz CT molecular complexity index is 151. The molecule has 0 aromatic heterocycles. The van der Waals surface area contributed by atoms with Crippen molar-refractivity contribution < 1.29 is 25.5 Å². The van der Waals surface area contributed by atoms with Crippen molar-refractivity contribution in [3.05, 3.63) is 6.42 Å². The van der Waals surface area contributed by atoms with Crippen LogP contribution in [0.2, 0.25) is 0 Å². The van der Waals surface area contributed by atoms with E-state index < -0.39 is 36.9 Å². The highest BCUT2D eigenvalue weighted by Crippen LogP contribution is 2.24. The summed E-state index contributed by atoms with van der Waals surface area (Å²) in [4.78, 5) is 0. The van der Waals surface area contributed by atoms with Gasteiger partial charge in [-0.15, -0.1) is 0 Å². The molecule has 0 aromatic rings. The third-order valence-corrected chi connectivity index (χ3v) is 2.18. The molecular formula is C7H13O5. The van der Waals surface area contributed by atoms with Crippen molar-refractivity contribution in [2.75, 3.05) is 6.61 Å². The van der Waals surface area contributed by atoms with Crippen LogP contribution in [-0.2, 0) is 0 Å². The van der Waals surface area contributed by atoms with Crippen molar-refractivity contribution >= 4 is 0 Å². The van der Waals surface area contributed by atoms with Crippen LogP contribution < -0.4 is 0 Å². The lowest BCUT2D eigenvalue weighted by Crippen LogP contribution is -2.54. The number of hydrogen-bond acceptors (Lipinski definition) is 5. The first-order valence-electron chi connectivity index (χ1n) is 3.76. The van der Waals surface area contributed by atoms with Crippen molar-refractivity contribution in [1.82, 2.24) is 0 Å². The highest BCUT2D eigenvalue weighted by atomic mass is 16.4. The van der Waals surface area contributed by atoms with Crippen LogP contribution in [0.1, 0.15) is 0 Å². The second-order valence-corrected chi connectivity index (χ2v) is 3.00. The Balaban J connectivity index is 2.65. The van der Waals surface area contributed by atoms with Gasteiger partial charge in [-0.3, -0.25) is 0 Å². The molecule has 1 aliphatic rings. The quantitative estimate of drug-likeness (QED) is 0.299. The second-order valence-electron chi connectivity index (χ2n) is 3.00. The average Bonchev–Trinajstić information content (AvgIpc) is 2.01. The zero-order valence-corrected chi connectivity index (χ0v) is 6.41. The molecule has 0 heterocycles. The van der Waals surface area contributed by atoms with E-state index in [1.165, 1.54) is 0 Å². The lowest BCUT2D eigenvalue weighted by molar-refractivity contribution is -0.132. The summed E-state index contributed by atoms with van der Waals surface area (Å²) in [5, 5.41) is 45.2. The second kappa shape index (κ2) is 3.68. The monoisotopic (exact) mass is 177 g/mol. The minimum atomic E-state index is -1.33. The molecule has 0 aliphatic heterocycles. The molecular weight excluding hydrogens is 164 g/mol. The molecule has 1 aliphatic carbocycles. The van der Waals surface area contributed by atoms with Crippen molar-refractivity contribution in [2.45, 2.75) is 24.4 Å². The van der Waals surface area contributed by atoms with Crippen molar-refractivity contribution in [2.24, 2.45) is 5.92 Å². The van der Waals surface area contributed by atoms with Gasteiger partial charge in [-0.2, -0.15) is 0 Å². The Morgan fingerprint density at radius 2 is 1.50 bits per heavy atom. The summed E-state index contributed by atoms with van der Waals surface area (Å²) >= 11 is 0.